The molecular weight excluding hydrogens is 303 g/mol. The molecule has 0 aliphatic carbocycles. The molecule has 0 saturated carbocycles. The molecule has 1 amide bonds. The van der Waals surface area contributed by atoms with Crippen LogP contribution in [0.2, 0.25) is 5.02 Å². The van der Waals surface area contributed by atoms with Gasteiger partial charge in [-0.3, -0.25) is 14.9 Å². The van der Waals surface area contributed by atoms with Gasteiger partial charge in [-0.15, -0.1) is 0 Å². The molecule has 0 unspecified atom stereocenters. The molecule has 0 radical (unpaired) electrons. The van der Waals surface area contributed by atoms with Crippen LogP contribution in [0.1, 0.15) is 10.4 Å². The molecule has 9 heteroatoms. The second-order valence-corrected chi connectivity index (χ2v) is 4.37. The number of amides is 1. The lowest BCUT2D eigenvalue weighted by atomic mass is 10.2. The first-order valence-electron chi connectivity index (χ1n) is 5.55. The minimum absolute atomic E-state index is 0.0481. The fraction of sp³-hybridized carbons (Fsp3) is 0. The Morgan fingerprint density at radius 3 is 2.76 bits per heavy atom. The van der Waals surface area contributed by atoms with Gasteiger partial charge in [-0.05, 0) is 24.3 Å². The topological polar surface area (TPSA) is 111 Å². The van der Waals surface area contributed by atoms with Crippen molar-refractivity contribution in [2.75, 3.05) is 11.1 Å². The molecule has 7 nitrogen and oxygen atoms in total. The Bertz CT molecular complexity index is 738. The quantitative estimate of drug-likeness (QED) is 0.668. The molecule has 0 saturated heterocycles. The van der Waals surface area contributed by atoms with E-state index < -0.39 is 22.3 Å². The van der Waals surface area contributed by atoms with Crippen molar-refractivity contribution >= 4 is 34.7 Å². The van der Waals surface area contributed by atoms with E-state index in [1.165, 1.54) is 12.1 Å². The fourth-order valence-electron chi connectivity index (χ4n) is 1.56. The Labute approximate surface area is 122 Å². The van der Waals surface area contributed by atoms with Gasteiger partial charge in [-0.2, -0.15) is 0 Å². The molecule has 0 aliphatic heterocycles. The maximum atomic E-state index is 13.3. The van der Waals surface area contributed by atoms with Crippen LogP contribution in [0.4, 0.5) is 21.6 Å². The van der Waals surface area contributed by atoms with Crippen LogP contribution in [0.25, 0.3) is 0 Å². The number of pyridine rings is 1. The summed E-state index contributed by atoms with van der Waals surface area (Å²) in [5, 5.41) is 13.1. The van der Waals surface area contributed by atoms with E-state index >= 15 is 0 Å². The number of halogens is 2. The summed E-state index contributed by atoms with van der Waals surface area (Å²) in [5.41, 5.74) is 4.74. The average Bonchev–Trinajstić information content (AvgIpc) is 2.42. The van der Waals surface area contributed by atoms with E-state index in [9.17, 15) is 19.3 Å². The smallest absolute Gasteiger partial charge is 0.300 e. The molecular formula is C12H8ClFN4O3. The van der Waals surface area contributed by atoms with Crippen LogP contribution in [0, 0.1) is 15.9 Å². The van der Waals surface area contributed by atoms with Gasteiger partial charge in [0.05, 0.1) is 9.95 Å². The Morgan fingerprint density at radius 1 is 1.43 bits per heavy atom. The van der Waals surface area contributed by atoms with Crippen molar-refractivity contribution < 1.29 is 14.1 Å². The Morgan fingerprint density at radius 2 is 2.14 bits per heavy atom. The summed E-state index contributed by atoms with van der Waals surface area (Å²) in [4.78, 5) is 25.7. The Hall–Kier alpha value is -2.74. The molecule has 2 aromatic rings. The van der Waals surface area contributed by atoms with Gasteiger partial charge in [0.15, 0.2) is 0 Å². The third kappa shape index (κ3) is 3.23. The van der Waals surface area contributed by atoms with Gasteiger partial charge >= 0.3 is 0 Å². The summed E-state index contributed by atoms with van der Waals surface area (Å²) in [6, 6.07) is 4.68. The highest BCUT2D eigenvalue weighted by Crippen LogP contribution is 2.22. The molecule has 108 valence electrons. The minimum Gasteiger partial charge on any atom is -0.384 e. The van der Waals surface area contributed by atoms with Crippen LogP contribution in [0.3, 0.4) is 0 Å². The van der Waals surface area contributed by atoms with E-state index in [1.807, 2.05) is 0 Å². The van der Waals surface area contributed by atoms with Crippen molar-refractivity contribution in [3.63, 3.8) is 0 Å². The van der Waals surface area contributed by atoms with Crippen molar-refractivity contribution in [3.8, 4) is 0 Å². The Balaban J connectivity index is 2.34. The number of anilines is 2. The highest BCUT2D eigenvalue weighted by atomic mass is 35.5. The molecule has 0 atom stereocenters. The number of hydrogen-bond acceptors (Lipinski definition) is 5. The molecule has 0 fully saturated rings. The van der Waals surface area contributed by atoms with E-state index in [2.05, 4.69) is 10.3 Å². The van der Waals surface area contributed by atoms with Gasteiger partial charge in [-0.25, -0.2) is 9.37 Å². The van der Waals surface area contributed by atoms with Crippen molar-refractivity contribution in [2.45, 2.75) is 0 Å². The molecule has 0 bridgehead atoms. The zero-order valence-electron chi connectivity index (χ0n) is 10.3. The highest BCUT2D eigenvalue weighted by Gasteiger charge is 2.21. The van der Waals surface area contributed by atoms with E-state index in [1.54, 1.807) is 0 Å². The van der Waals surface area contributed by atoms with Crippen LogP contribution in [0.15, 0.2) is 30.5 Å². The zero-order chi connectivity index (χ0) is 15.6. The first kappa shape index (κ1) is 14.7. The summed E-state index contributed by atoms with van der Waals surface area (Å²) in [7, 11) is 0. The summed E-state index contributed by atoms with van der Waals surface area (Å²) >= 11 is 5.52. The predicted molar refractivity (Wildman–Crippen MR) is 74.7 cm³/mol. The summed E-state index contributed by atoms with van der Waals surface area (Å²) in [6.07, 6.45) is 0.882. The number of carbonyl (C=O) groups excluding carboxylic acids is 1. The van der Waals surface area contributed by atoms with Gasteiger partial charge in [0.25, 0.3) is 11.6 Å². The summed E-state index contributed by atoms with van der Waals surface area (Å²) < 4.78 is 13.3. The molecule has 0 aliphatic rings. The largest absolute Gasteiger partial charge is 0.384 e. The van der Waals surface area contributed by atoms with Crippen molar-refractivity contribution in [1.29, 1.82) is 0 Å². The second kappa shape index (κ2) is 5.71. The van der Waals surface area contributed by atoms with Crippen LogP contribution in [-0.2, 0) is 0 Å². The normalized spacial score (nSPS) is 10.2. The van der Waals surface area contributed by atoms with Crippen molar-refractivity contribution in [2.24, 2.45) is 0 Å². The van der Waals surface area contributed by atoms with E-state index in [0.29, 0.717) is 0 Å². The number of aromatic nitrogens is 1. The number of carbonyl (C=O) groups is 1. The predicted octanol–water partition coefficient (Wildman–Crippen LogP) is 2.62. The number of nitrogens with one attached hydrogen (secondary N) is 1. The number of benzene rings is 1. The first-order valence-corrected chi connectivity index (χ1v) is 5.92. The first-order chi connectivity index (χ1) is 9.88. The highest BCUT2D eigenvalue weighted by molar-refractivity contribution is 6.30. The number of nitro groups is 1. The van der Waals surface area contributed by atoms with Crippen molar-refractivity contribution in [3.05, 3.63) is 57.0 Å². The lowest BCUT2D eigenvalue weighted by molar-refractivity contribution is -0.385. The van der Waals surface area contributed by atoms with Gasteiger partial charge in [0.1, 0.15) is 23.4 Å². The standard InChI is InChI=1S/C12H8ClFN4O3/c13-8-2-1-6(3-9(8)14)17-12(19)7-4-11(15)16-5-10(7)18(20)21/h1-5H,(H2,15,16)(H,17,19). The Kier molecular flexibility index (Phi) is 3.99. The van der Waals surface area contributed by atoms with Crippen LogP contribution in [-0.4, -0.2) is 15.8 Å². The number of hydrogen-bond donors (Lipinski definition) is 2. The fourth-order valence-corrected chi connectivity index (χ4v) is 1.68. The summed E-state index contributed by atoms with van der Waals surface area (Å²) in [5.74, 6) is -1.58. The van der Waals surface area contributed by atoms with Gasteiger partial charge in [-0.1, -0.05) is 11.6 Å². The zero-order valence-corrected chi connectivity index (χ0v) is 11.1. The van der Waals surface area contributed by atoms with Crippen LogP contribution < -0.4 is 11.1 Å². The maximum absolute atomic E-state index is 13.3. The van der Waals surface area contributed by atoms with Crippen molar-refractivity contribution in [1.82, 2.24) is 4.98 Å². The average molecular weight is 311 g/mol. The number of nitrogen functional groups attached to an aromatic ring is 1. The number of nitrogens with zero attached hydrogens (tertiary/aromatic N) is 2. The van der Waals surface area contributed by atoms with Gasteiger partial charge in [0, 0.05) is 5.69 Å². The molecule has 2 rings (SSSR count). The number of rotatable bonds is 3. The summed E-state index contributed by atoms with van der Waals surface area (Å²) in [6.45, 7) is 0. The molecule has 3 N–H and O–H groups in total. The van der Waals surface area contributed by atoms with E-state index in [0.717, 1.165) is 18.3 Å². The van der Waals surface area contributed by atoms with Crippen LogP contribution >= 0.6 is 11.6 Å². The van der Waals surface area contributed by atoms with Gasteiger partial charge < -0.3 is 11.1 Å². The molecule has 1 aromatic heterocycles. The maximum Gasteiger partial charge on any atom is 0.300 e. The molecule has 0 spiro atoms. The minimum atomic E-state index is -0.808. The number of nitrogens with two attached hydrogens (primary N) is 1. The second-order valence-electron chi connectivity index (χ2n) is 3.97. The molecule has 1 heterocycles. The lowest BCUT2D eigenvalue weighted by Crippen LogP contribution is -2.15. The van der Waals surface area contributed by atoms with E-state index in [4.69, 9.17) is 17.3 Å². The SMILES string of the molecule is Nc1cc(C(=O)Nc2ccc(Cl)c(F)c2)c([N+](=O)[O-])cn1. The molecule has 21 heavy (non-hydrogen) atoms. The third-order valence-electron chi connectivity index (χ3n) is 2.52. The van der Waals surface area contributed by atoms with E-state index in [-0.39, 0.29) is 22.1 Å². The lowest BCUT2D eigenvalue weighted by Gasteiger charge is -2.07. The molecule has 1 aromatic carbocycles. The van der Waals surface area contributed by atoms with Crippen LogP contribution in [0.5, 0.6) is 0 Å². The van der Waals surface area contributed by atoms with Gasteiger partial charge in [0.2, 0.25) is 0 Å². The monoisotopic (exact) mass is 310 g/mol. The third-order valence-corrected chi connectivity index (χ3v) is 2.83.